The van der Waals surface area contributed by atoms with Crippen LogP contribution in [0.1, 0.15) is 12.8 Å². The number of hydrogen-bond donors (Lipinski definition) is 0. The molecule has 2 aliphatic rings. The molecule has 2 aliphatic carbocycles. The van der Waals surface area contributed by atoms with Crippen molar-refractivity contribution >= 4 is 0 Å². The maximum Gasteiger partial charge on any atom is 2.00 e. The van der Waals surface area contributed by atoms with Gasteiger partial charge in [-0.25, -0.2) is 0 Å². The number of rotatable bonds is 2. The minimum absolute atomic E-state index is 0. The van der Waals surface area contributed by atoms with Crippen LogP contribution in [0, 0.1) is 6.42 Å². The van der Waals surface area contributed by atoms with E-state index in [1.165, 1.54) is 11.1 Å². The quantitative estimate of drug-likeness (QED) is 0.488. The molecule has 0 fully saturated rings. The van der Waals surface area contributed by atoms with Crippen molar-refractivity contribution in [2.24, 2.45) is 0 Å². The van der Waals surface area contributed by atoms with E-state index < -0.39 is 0 Å². The third-order valence-electron chi connectivity index (χ3n) is 1.97. The van der Waals surface area contributed by atoms with E-state index in [0.717, 1.165) is 12.8 Å². The summed E-state index contributed by atoms with van der Waals surface area (Å²) in [7, 11) is 0. The molecule has 0 heterocycles. The number of halogens is 1. The Bertz CT molecular complexity index is 244. The first-order valence-electron chi connectivity index (χ1n) is 4.01. The predicted molar refractivity (Wildman–Crippen MR) is 48.0 cm³/mol. The van der Waals surface area contributed by atoms with Crippen molar-refractivity contribution in [1.82, 2.24) is 0 Å². The van der Waals surface area contributed by atoms with Gasteiger partial charge in [0.2, 0.25) is 0 Å². The van der Waals surface area contributed by atoms with E-state index in [9.17, 15) is 0 Å². The second kappa shape index (κ2) is 6.47. The molecule has 0 bridgehead atoms. The van der Waals surface area contributed by atoms with Crippen molar-refractivity contribution in [2.75, 3.05) is 0 Å². The van der Waals surface area contributed by atoms with Crippen LogP contribution in [0.2, 0.25) is 0 Å². The Labute approximate surface area is 105 Å². The van der Waals surface area contributed by atoms with Gasteiger partial charge >= 0.3 is 21.7 Å². The Morgan fingerprint density at radius 3 is 1.69 bits per heavy atom. The molecule has 0 aliphatic heterocycles. The fourth-order valence-corrected chi connectivity index (χ4v) is 1.38. The summed E-state index contributed by atoms with van der Waals surface area (Å²) in [6, 6.07) is 0. The summed E-state index contributed by atoms with van der Waals surface area (Å²) in [4.78, 5) is 0. The molecule has 2 heteroatoms. The fraction of sp³-hybridized carbons (Fsp3) is 0.182. The van der Waals surface area contributed by atoms with Gasteiger partial charge in [-0.05, 0) is 12.8 Å². The summed E-state index contributed by atoms with van der Waals surface area (Å²) in [6.07, 6.45) is 17.5. The zero-order valence-corrected chi connectivity index (χ0v) is 10.5. The van der Waals surface area contributed by atoms with E-state index in [2.05, 4.69) is 42.9 Å². The van der Waals surface area contributed by atoms with Crippen molar-refractivity contribution in [2.45, 2.75) is 12.8 Å². The first-order chi connectivity index (χ1) is 5.45. The summed E-state index contributed by atoms with van der Waals surface area (Å²) in [5.74, 6) is 0. The van der Waals surface area contributed by atoms with Crippen molar-refractivity contribution in [3.8, 4) is 0 Å². The Morgan fingerprint density at radius 2 is 1.38 bits per heavy atom. The topological polar surface area (TPSA) is 0 Å². The van der Waals surface area contributed by atoms with Gasteiger partial charge in [0.05, 0.1) is 0 Å². The van der Waals surface area contributed by atoms with E-state index >= 15 is 0 Å². The third kappa shape index (κ3) is 3.72. The first kappa shape index (κ1) is 13.0. The Morgan fingerprint density at radius 1 is 0.923 bits per heavy atom. The van der Waals surface area contributed by atoms with Gasteiger partial charge < -0.3 is 17.0 Å². The van der Waals surface area contributed by atoms with Crippen LogP contribution in [0.5, 0.6) is 0 Å². The molecule has 0 radical (unpaired) electrons. The molecule has 13 heavy (non-hydrogen) atoms. The SMILES string of the molecule is C1=CCC([CH-]C2=CC=CC2)=C1.[Br-].[Ti+2]. The van der Waals surface area contributed by atoms with Gasteiger partial charge in [0.1, 0.15) is 0 Å². The Balaban J connectivity index is 0.000000720. The van der Waals surface area contributed by atoms with Gasteiger partial charge in [-0.15, -0.1) is 12.2 Å². The van der Waals surface area contributed by atoms with E-state index in [-0.39, 0.29) is 38.7 Å². The molecular weight excluding hydrogens is 260 g/mol. The summed E-state index contributed by atoms with van der Waals surface area (Å²) in [5.41, 5.74) is 2.86. The van der Waals surface area contributed by atoms with Crippen LogP contribution < -0.4 is 17.0 Å². The van der Waals surface area contributed by atoms with Crippen LogP contribution in [-0.2, 0) is 21.7 Å². The molecule has 0 saturated carbocycles. The second-order valence-electron chi connectivity index (χ2n) is 2.89. The van der Waals surface area contributed by atoms with Crippen LogP contribution in [0.25, 0.3) is 0 Å². The molecule has 0 aromatic rings. The molecule has 0 aromatic carbocycles. The summed E-state index contributed by atoms with van der Waals surface area (Å²) in [5, 5.41) is 0. The smallest absolute Gasteiger partial charge is 1.00 e. The van der Waals surface area contributed by atoms with Crippen molar-refractivity contribution in [3.63, 3.8) is 0 Å². The molecule has 0 aromatic heterocycles. The predicted octanol–water partition coefficient (Wildman–Crippen LogP) is -0.0352. The third-order valence-corrected chi connectivity index (χ3v) is 1.97. The van der Waals surface area contributed by atoms with Crippen LogP contribution >= 0.6 is 0 Å². The summed E-state index contributed by atoms with van der Waals surface area (Å²) in [6.45, 7) is 0. The zero-order chi connectivity index (χ0) is 7.52. The minimum Gasteiger partial charge on any atom is -1.00 e. The van der Waals surface area contributed by atoms with Gasteiger partial charge in [-0.2, -0.15) is 29.7 Å². The van der Waals surface area contributed by atoms with Crippen LogP contribution in [0.15, 0.2) is 47.6 Å². The van der Waals surface area contributed by atoms with Crippen LogP contribution in [0.3, 0.4) is 0 Å². The number of hydrogen-bond acceptors (Lipinski definition) is 0. The molecule has 0 unspecified atom stereocenters. The molecular formula is C11H11BrTi. The molecule has 66 valence electrons. The van der Waals surface area contributed by atoms with Gasteiger partial charge in [-0.3, -0.25) is 0 Å². The fourth-order valence-electron chi connectivity index (χ4n) is 1.38. The maximum atomic E-state index is 2.28. The van der Waals surface area contributed by atoms with Gasteiger partial charge in [0, 0.05) is 0 Å². The van der Waals surface area contributed by atoms with Crippen LogP contribution in [0.4, 0.5) is 0 Å². The average Bonchev–Trinajstić information content (AvgIpc) is 2.60. The largest absolute Gasteiger partial charge is 2.00 e. The molecule has 2 rings (SSSR count). The normalized spacial score (nSPS) is 17.2. The van der Waals surface area contributed by atoms with E-state index in [1.54, 1.807) is 0 Å². The van der Waals surface area contributed by atoms with Gasteiger partial charge in [0.15, 0.2) is 0 Å². The minimum atomic E-state index is 0. The average molecular weight is 271 g/mol. The molecule has 0 atom stereocenters. The standard InChI is InChI=1S/C11H11.BrH.Ti/c1-2-6-10(5-1)9-11-7-3-4-8-11;;/h1-5,7,9H,6,8H2;1H;/q-1;;+2/p-1. The zero-order valence-electron chi connectivity index (χ0n) is 7.33. The Hall–Kier alpha value is 0.0243. The summed E-state index contributed by atoms with van der Waals surface area (Å²) < 4.78 is 0. The van der Waals surface area contributed by atoms with Crippen molar-refractivity contribution < 1.29 is 38.7 Å². The van der Waals surface area contributed by atoms with Crippen LogP contribution in [-0.4, -0.2) is 0 Å². The maximum absolute atomic E-state index is 2.28. The van der Waals surface area contributed by atoms with Gasteiger partial charge in [-0.1, -0.05) is 12.2 Å². The molecule has 0 nitrogen and oxygen atoms in total. The first-order valence-corrected chi connectivity index (χ1v) is 4.01. The van der Waals surface area contributed by atoms with E-state index in [4.69, 9.17) is 0 Å². The van der Waals surface area contributed by atoms with E-state index in [1.807, 2.05) is 0 Å². The molecule has 0 saturated heterocycles. The van der Waals surface area contributed by atoms with Crippen molar-refractivity contribution in [1.29, 1.82) is 0 Å². The van der Waals surface area contributed by atoms with Gasteiger partial charge in [0.25, 0.3) is 0 Å². The van der Waals surface area contributed by atoms with Crippen molar-refractivity contribution in [3.05, 3.63) is 54.0 Å². The molecule has 0 N–H and O–H groups in total. The monoisotopic (exact) mass is 270 g/mol. The molecule has 0 amide bonds. The second-order valence-corrected chi connectivity index (χ2v) is 2.89. The van der Waals surface area contributed by atoms with E-state index in [0.29, 0.717) is 0 Å². The molecule has 0 spiro atoms. The number of allylic oxidation sites excluding steroid dienone is 8. The Kier molecular flexibility index (Phi) is 6.49. The summed E-state index contributed by atoms with van der Waals surface area (Å²) >= 11 is 0.